The van der Waals surface area contributed by atoms with E-state index < -0.39 is 30.8 Å². The zero-order valence-corrected chi connectivity index (χ0v) is 25.3. The number of esters is 1. The summed E-state index contributed by atoms with van der Waals surface area (Å²) in [5.74, 6) is -1.02. The molecule has 0 aliphatic heterocycles. The predicted octanol–water partition coefficient (Wildman–Crippen LogP) is 3.66. The number of hydrogen-bond acceptors (Lipinski definition) is 10. The molecule has 1 fully saturated rings. The summed E-state index contributed by atoms with van der Waals surface area (Å²) in [6.07, 6.45) is 4.23. The molecule has 1 aliphatic carbocycles. The normalized spacial score (nSPS) is 12.8. The molecule has 1 saturated carbocycles. The summed E-state index contributed by atoms with van der Waals surface area (Å²) in [4.78, 5) is 55.7. The van der Waals surface area contributed by atoms with Gasteiger partial charge in [0, 0.05) is 30.0 Å². The van der Waals surface area contributed by atoms with Gasteiger partial charge in [0.25, 0.3) is 11.8 Å². The van der Waals surface area contributed by atoms with Gasteiger partial charge in [-0.1, -0.05) is 13.0 Å². The van der Waals surface area contributed by atoms with Crippen molar-refractivity contribution in [1.29, 1.82) is 0 Å². The van der Waals surface area contributed by atoms with Crippen molar-refractivity contribution < 1.29 is 28.7 Å². The van der Waals surface area contributed by atoms with Crippen LogP contribution in [0.5, 0.6) is 0 Å². The average Bonchev–Trinajstić information content (AvgIpc) is 3.70. The molecule has 1 aromatic carbocycles. The Morgan fingerprint density at radius 1 is 1.17 bits per heavy atom. The third-order valence-electron chi connectivity index (χ3n) is 6.43. The fourth-order valence-corrected chi connectivity index (χ4v) is 4.04. The van der Waals surface area contributed by atoms with E-state index in [1.165, 1.54) is 13.3 Å². The van der Waals surface area contributed by atoms with Gasteiger partial charge in [-0.25, -0.2) is 19.2 Å². The maximum Gasteiger partial charge on any atom is 0.419 e. The number of aromatic nitrogens is 3. The third-order valence-corrected chi connectivity index (χ3v) is 6.43. The SMILES string of the molecule is CCCNC(=O)c1cn2ncnc(Nc3cc(C(=O)N(C(=O)OCOC(=O)[C@H](C)N)C4CC4)ccc3C)c2c1C.Cl.Cl. The van der Waals surface area contributed by atoms with Crippen molar-refractivity contribution in [3.8, 4) is 0 Å². The highest BCUT2D eigenvalue weighted by atomic mass is 35.5. The molecule has 2 aromatic heterocycles. The standard InChI is InChI=1S/C27H33N7O6.2ClH/c1-5-10-29-24(35)20-12-33-22(16(20)3)23(30-13-31-33)32-21-11-18(7-6-15(21)2)25(36)34(19-8-9-19)27(38)40-14-39-26(37)17(4)28;;/h6-7,11-13,17,19H,5,8-10,14,28H2,1-4H3,(H,29,35)(H,30,31,32);2*1H/t17-;;/m0../s1. The summed E-state index contributed by atoms with van der Waals surface area (Å²) in [7, 11) is 0. The first-order valence-electron chi connectivity index (χ1n) is 13.0. The summed E-state index contributed by atoms with van der Waals surface area (Å²) in [6, 6.07) is 3.83. The monoisotopic (exact) mass is 623 g/mol. The molecule has 3 amide bonds. The lowest BCUT2D eigenvalue weighted by atomic mass is 10.1. The summed E-state index contributed by atoms with van der Waals surface area (Å²) in [5.41, 5.74) is 8.90. The van der Waals surface area contributed by atoms with Crippen LogP contribution in [0.4, 0.5) is 16.3 Å². The molecule has 1 atom stereocenters. The van der Waals surface area contributed by atoms with Crippen LogP contribution in [0.15, 0.2) is 30.7 Å². The molecule has 0 saturated heterocycles. The Hall–Kier alpha value is -3.94. The topological polar surface area (TPSA) is 170 Å². The summed E-state index contributed by atoms with van der Waals surface area (Å²) >= 11 is 0. The number of nitrogens with one attached hydrogen (secondary N) is 2. The van der Waals surface area contributed by atoms with Gasteiger partial charge in [0.2, 0.25) is 6.79 Å². The molecule has 4 N–H and O–H groups in total. The highest BCUT2D eigenvalue weighted by Gasteiger charge is 2.39. The molecule has 2 heterocycles. The lowest BCUT2D eigenvalue weighted by Crippen LogP contribution is -2.40. The molecular formula is C27H35Cl2N7O6. The van der Waals surface area contributed by atoms with Gasteiger partial charge in [0.05, 0.1) is 5.56 Å². The zero-order valence-electron chi connectivity index (χ0n) is 23.7. The Labute approximate surface area is 255 Å². The quantitative estimate of drug-likeness (QED) is 0.223. The van der Waals surface area contributed by atoms with Crippen LogP contribution in [0.1, 0.15) is 65.0 Å². The number of carbonyl (C=O) groups is 4. The second-order valence-corrected chi connectivity index (χ2v) is 9.67. The van der Waals surface area contributed by atoms with Gasteiger partial charge in [-0.2, -0.15) is 5.10 Å². The second kappa shape index (κ2) is 14.8. The molecule has 0 unspecified atom stereocenters. The van der Waals surface area contributed by atoms with Gasteiger partial charge in [-0.05, 0) is 63.3 Å². The van der Waals surface area contributed by atoms with Crippen molar-refractivity contribution in [2.75, 3.05) is 18.7 Å². The molecule has 228 valence electrons. The summed E-state index contributed by atoms with van der Waals surface area (Å²) in [5, 5.41) is 10.4. The van der Waals surface area contributed by atoms with Crippen LogP contribution < -0.4 is 16.4 Å². The van der Waals surface area contributed by atoms with Gasteiger partial charge in [-0.3, -0.25) is 14.4 Å². The molecule has 0 spiro atoms. The first kappa shape index (κ1) is 34.3. The van der Waals surface area contributed by atoms with Crippen molar-refractivity contribution in [2.24, 2.45) is 5.73 Å². The summed E-state index contributed by atoms with van der Waals surface area (Å²) in [6.45, 7) is 7.03. The molecule has 1 aliphatic rings. The van der Waals surface area contributed by atoms with Crippen LogP contribution in [0.25, 0.3) is 5.52 Å². The Bertz CT molecular complexity index is 1460. The van der Waals surface area contributed by atoms with Crippen LogP contribution in [0.2, 0.25) is 0 Å². The van der Waals surface area contributed by atoms with Crippen molar-refractivity contribution in [3.63, 3.8) is 0 Å². The van der Waals surface area contributed by atoms with Crippen LogP contribution >= 0.6 is 24.8 Å². The maximum atomic E-state index is 13.4. The molecule has 0 bridgehead atoms. The fourth-order valence-electron chi connectivity index (χ4n) is 4.04. The Morgan fingerprint density at radius 2 is 1.88 bits per heavy atom. The highest BCUT2D eigenvalue weighted by molar-refractivity contribution is 6.04. The van der Waals surface area contributed by atoms with Crippen LogP contribution in [0.3, 0.4) is 0 Å². The molecule has 4 rings (SSSR count). The number of halogens is 2. The zero-order chi connectivity index (χ0) is 29.0. The Kier molecular flexibility index (Phi) is 12.1. The molecule has 13 nitrogen and oxygen atoms in total. The van der Waals surface area contributed by atoms with Crippen LogP contribution in [0, 0.1) is 13.8 Å². The number of anilines is 2. The smallest absolute Gasteiger partial charge is 0.419 e. The summed E-state index contributed by atoms with van der Waals surface area (Å²) < 4.78 is 11.4. The van der Waals surface area contributed by atoms with E-state index in [2.05, 4.69) is 20.7 Å². The van der Waals surface area contributed by atoms with Crippen LogP contribution in [-0.4, -0.2) is 68.8 Å². The van der Waals surface area contributed by atoms with E-state index in [9.17, 15) is 19.2 Å². The molecular weight excluding hydrogens is 589 g/mol. The van der Waals surface area contributed by atoms with E-state index in [-0.39, 0.29) is 42.3 Å². The third kappa shape index (κ3) is 7.66. The van der Waals surface area contributed by atoms with Gasteiger partial charge in [0.15, 0.2) is 5.82 Å². The number of fused-ring (bicyclic) bond motifs is 1. The van der Waals surface area contributed by atoms with Crippen molar-refractivity contribution >= 4 is 65.7 Å². The van der Waals surface area contributed by atoms with Gasteiger partial charge >= 0.3 is 12.1 Å². The van der Waals surface area contributed by atoms with Gasteiger partial charge in [-0.15, -0.1) is 24.8 Å². The van der Waals surface area contributed by atoms with Crippen molar-refractivity contribution in [2.45, 2.75) is 59.0 Å². The number of nitrogens with zero attached hydrogens (tertiary/aromatic N) is 4. The lowest BCUT2D eigenvalue weighted by molar-refractivity contribution is -0.153. The number of rotatable bonds is 10. The van der Waals surface area contributed by atoms with Gasteiger partial charge < -0.3 is 25.8 Å². The minimum atomic E-state index is -0.907. The number of imide groups is 1. The number of amides is 3. The first-order chi connectivity index (χ1) is 19.1. The van der Waals surface area contributed by atoms with Crippen molar-refractivity contribution in [1.82, 2.24) is 24.8 Å². The van der Waals surface area contributed by atoms with Crippen molar-refractivity contribution in [3.05, 3.63) is 53.0 Å². The van der Waals surface area contributed by atoms with Gasteiger partial charge in [0.1, 0.15) is 17.9 Å². The molecule has 0 radical (unpaired) electrons. The Balaban J connectivity index is 0.00000308. The van der Waals surface area contributed by atoms with Crippen LogP contribution in [-0.2, 0) is 14.3 Å². The second-order valence-electron chi connectivity index (χ2n) is 9.67. The minimum Gasteiger partial charge on any atom is -0.427 e. The number of carbonyl (C=O) groups excluding carboxylic acids is 4. The van der Waals surface area contributed by atoms with E-state index in [1.807, 2.05) is 20.8 Å². The lowest BCUT2D eigenvalue weighted by Gasteiger charge is -2.21. The largest absolute Gasteiger partial charge is 0.427 e. The van der Waals surface area contributed by atoms with E-state index in [0.29, 0.717) is 47.5 Å². The number of nitrogens with two attached hydrogens (primary N) is 1. The molecule has 15 heteroatoms. The fraction of sp³-hybridized carbons (Fsp3) is 0.407. The van der Waals surface area contributed by atoms with E-state index in [1.54, 1.807) is 28.9 Å². The Morgan fingerprint density at radius 3 is 2.52 bits per heavy atom. The number of hydrogen-bond donors (Lipinski definition) is 3. The molecule has 42 heavy (non-hydrogen) atoms. The maximum absolute atomic E-state index is 13.4. The van der Waals surface area contributed by atoms with E-state index in [4.69, 9.17) is 15.2 Å². The first-order valence-corrected chi connectivity index (χ1v) is 13.0. The molecule has 3 aromatic rings. The highest BCUT2D eigenvalue weighted by Crippen LogP contribution is 2.31. The van der Waals surface area contributed by atoms with E-state index in [0.717, 1.165) is 16.9 Å². The number of ether oxygens (including phenoxy) is 2. The predicted molar refractivity (Wildman–Crippen MR) is 160 cm³/mol. The number of aryl methyl sites for hydroxylation is 2. The van der Waals surface area contributed by atoms with E-state index >= 15 is 0 Å². The number of benzene rings is 1. The minimum absolute atomic E-state index is 0. The average molecular weight is 625 g/mol.